The fourth-order valence-electron chi connectivity index (χ4n) is 4.55. The molecule has 2 N–H and O–H groups in total. The average molecular weight is 525 g/mol. The Labute approximate surface area is 209 Å². The van der Waals surface area contributed by atoms with Crippen molar-refractivity contribution in [1.29, 1.82) is 0 Å². The van der Waals surface area contributed by atoms with E-state index < -0.39 is 35.0 Å². The highest BCUT2D eigenvalue weighted by atomic mass is 19.4. The molecule has 0 spiro atoms. The maximum Gasteiger partial charge on any atom is 0.416 e. The van der Waals surface area contributed by atoms with Crippen LogP contribution in [0.5, 0.6) is 0 Å². The molecule has 1 heterocycles. The molecule has 0 unspecified atom stereocenters. The number of nitrogens with one attached hydrogen (secondary N) is 2. The number of carbonyl (C=O) groups excluding carboxylic acids is 1. The molecule has 5 nitrogen and oxygen atoms in total. The summed E-state index contributed by atoms with van der Waals surface area (Å²) in [5.41, 5.74) is -1.84. The third kappa shape index (κ3) is 6.26. The molecule has 0 radical (unpaired) electrons. The molecule has 1 amide bonds. The number of hydrogen-bond donors (Lipinski definition) is 2. The van der Waals surface area contributed by atoms with Crippen molar-refractivity contribution in [1.82, 2.24) is 10.3 Å². The summed E-state index contributed by atoms with van der Waals surface area (Å²) in [7, 11) is 3.89. The first-order chi connectivity index (χ1) is 17.3. The fourth-order valence-corrected chi connectivity index (χ4v) is 4.55. The van der Waals surface area contributed by atoms with Gasteiger partial charge in [0, 0.05) is 48.9 Å². The molecule has 4 rings (SSSR count). The summed E-state index contributed by atoms with van der Waals surface area (Å²) >= 11 is 0. The Bertz CT molecular complexity index is 1250. The van der Waals surface area contributed by atoms with Gasteiger partial charge in [-0.1, -0.05) is 18.2 Å². The van der Waals surface area contributed by atoms with E-state index in [-0.39, 0.29) is 18.2 Å². The summed E-state index contributed by atoms with van der Waals surface area (Å²) in [6.07, 6.45) is -7.70. The van der Waals surface area contributed by atoms with E-state index in [1.54, 1.807) is 0 Å². The van der Waals surface area contributed by atoms with E-state index in [0.717, 1.165) is 16.6 Å². The molecule has 0 saturated heterocycles. The van der Waals surface area contributed by atoms with Crippen molar-refractivity contribution in [2.24, 2.45) is 0 Å². The van der Waals surface area contributed by atoms with Gasteiger partial charge in [0.05, 0.1) is 16.6 Å². The smallest absolute Gasteiger partial charge is 0.377 e. The van der Waals surface area contributed by atoms with Gasteiger partial charge in [0.15, 0.2) is 0 Å². The summed E-state index contributed by atoms with van der Waals surface area (Å²) in [5, 5.41) is 7.04. The SMILES string of the molecule is CN(C)c1cc(NC2CCC(NC(=O)c3cc(C(F)(F)F)cc(C(F)(F)F)c3)CC2)nc2ccccc12. The lowest BCUT2D eigenvalue weighted by Crippen LogP contribution is -2.40. The van der Waals surface area contributed by atoms with Gasteiger partial charge in [-0.05, 0) is 49.9 Å². The summed E-state index contributed by atoms with van der Waals surface area (Å²) in [5.74, 6) is -0.252. The van der Waals surface area contributed by atoms with Crippen molar-refractivity contribution in [2.75, 3.05) is 24.3 Å². The highest BCUT2D eigenvalue weighted by Crippen LogP contribution is 2.36. The van der Waals surface area contributed by atoms with Crippen LogP contribution in [0.1, 0.15) is 47.2 Å². The molecule has 2 aromatic carbocycles. The third-order valence-electron chi connectivity index (χ3n) is 6.44. The van der Waals surface area contributed by atoms with Crippen LogP contribution >= 0.6 is 0 Å². The number of halogens is 6. The van der Waals surface area contributed by atoms with Gasteiger partial charge >= 0.3 is 12.4 Å². The number of carbonyl (C=O) groups is 1. The van der Waals surface area contributed by atoms with E-state index in [1.165, 1.54) is 0 Å². The van der Waals surface area contributed by atoms with Gasteiger partial charge in [0.1, 0.15) is 5.82 Å². The van der Waals surface area contributed by atoms with E-state index in [4.69, 9.17) is 0 Å². The number of fused-ring (bicyclic) bond motifs is 1. The number of para-hydroxylation sites is 1. The van der Waals surface area contributed by atoms with Crippen molar-refractivity contribution < 1.29 is 31.1 Å². The molecule has 1 saturated carbocycles. The summed E-state index contributed by atoms with van der Waals surface area (Å²) in [6.45, 7) is 0. The van der Waals surface area contributed by atoms with E-state index in [0.29, 0.717) is 43.6 Å². The Kier molecular flexibility index (Phi) is 7.25. The Morgan fingerprint density at radius 3 is 2.00 bits per heavy atom. The summed E-state index contributed by atoms with van der Waals surface area (Å²) in [4.78, 5) is 19.3. The first-order valence-corrected chi connectivity index (χ1v) is 11.8. The zero-order valence-corrected chi connectivity index (χ0v) is 20.2. The van der Waals surface area contributed by atoms with Crippen molar-refractivity contribution >= 4 is 28.3 Å². The first kappa shape index (κ1) is 26.6. The second-order valence-electron chi connectivity index (χ2n) is 9.40. The monoisotopic (exact) mass is 524 g/mol. The van der Waals surface area contributed by atoms with E-state index in [9.17, 15) is 31.1 Å². The fraction of sp³-hybridized carbons (Fsp3) is 0.385. The van der Waals surface area contributed by atoms with Crippen LogP contribution in [-0.2, 0) is 12.4 Å². The van der Waals surface area contributed by atoms with Crippen LogP contribution in [0, 0.1) is 0 Å². The molecule has 0 atom stereocenters. The quantitative estimate of drug-likeness (QED) is 0.375. The van der Waals surface area contributed by atoms with Gasteiger partial charge in [0.2, 0.25) is 0 Å². The number of pyridine rings is 1. The van der Waals surface area contributed by atoms with Crippen LogP contribution in [0.2, 0.25) is 0 Å². The molecule has 3 aromatic rings. The first-order valence-electron chi connectivity index (χ1n) is 11.8. The highest BCUT2D eigenvalue weighted by molar-refractivity contribution is 5.95. The molecule has 1 fully saturated rings. The number of nitrogens with zero attached hydrogens (tertiary/aromatic N) is 2. The predicted molar refractivity (Wildman–Crippen MR) is 130 cm³/mol. The second-order valence-corrected chi connectivity index (χ2v) is 9.40. The lowest BCUT2D eigenvalue weighted by atomic mass is 9.90. The molecule has 0 bridgehead atoms. The minimum Gasteiger partial charge on any atom is -0.377 e. The van der Waals surface area contributed by atoms with Crippen molar-refractivity contribution in [2.45, 2.75) is 50.1 Å². The van der Waals surface area contributed by atoms with Crippen LogP contribution in [0.15, 0.2) is 48.5 Å². The minimum atomic E-state index is -5.01. The van der Waals surface area contributed by atoms with Gasteiger partial charge in [-0.25, -0.2) is 4.98 Å². The average Bonchev–Trinajstić information content (AvgIpc) is 2.83. The number of anilines is 2. The van der Waals surface area contributed by atoms with Crippen LogP contribution in [0.4, 0.5) is 37.8 Å². The van der Waals surface area contributed by atoms with Crippen LogP contribution in [-0.4, -0.2) is 37.1 Å². The topological polar surface area (TPSA) is 57.3 Å². The molecular formula is C26H26F6N4O. The molecule has 1 aliphatic carbocycles. The molecule has 11 heteroatoms. The largest absolute Gasteiger partial charge is 0.416 e. The van der Waals surface area contributed by atoms with Crippen molar-refractivity contribution in [3.05, 3.63) is 65.2 Å². The minimum absolute atomic E-state index is 0.0101. The van der Waals surface area contributed by atoms with Gasteiger partial charge < -0.3 is 15.5 Å². The number of alkyl halides is 6. The van der Waals surface area contributed by atoms with Crippen molar-refractivity contribution in [3.8, 4) is 0 Å². The molecule has 1 aliphatic rings. The summed E-state index contributed by atoms with van der Waals surface area (Å²) < 4.78 is 78.7. The van der Waals surface area contributed by atoms with Crippen molar-refractivity contribution in [3.63, 3.8) is 0 Å². The zero-order chi connectivity index (χ0) is 27.0. The maximum atomic E-state index is 13.1. The lowest BCUT2D eigenvalue weighted by Gasteiger charge is -2.30. The standard InChI is InChI=1S/C26H26F6N4O/c1-36(2)22-14-23(35-21-6-4-3-5-20(21)22)33-18-7-9-19(10-8-18)34-24(37)15-11-16(25(27,28)29)13-17(12-15)26(30,31)32/h3-6,11-14,18-19H,7-10H2,1-2H3,(H,33,35)(H,34,37). The van der Waals surface area contributed by atoms with Crippen LogP contribution < -0.4 is 15.5 Å². The lowest BCUT2D eigenvalue weighted by molar-refractivity contribution is -0.143. The number of rotatable bonds is 5. The van der Waals surface area contributed by atoms with Crippen LogP contribution in [0.25, 0.3) is 10.9 Å². The summed E-state index contributed by atoms with van der Waals surface area (Å²) in [6, 6.07) is 10.3. The number of aromatic nitrogens is 1. The molecule has 198 valence electrons. The second kappa shape index (κ2) is 10.1. The number of benzene rings is 2. The van der Waals surface area contributed by atoms with Gasteiger partial charge in [-0.2, -0.15) is 26.3 Å². The normalized spacial score (nSPS) is 18.5. The zero-order valence-electron chi connectivity index (χ0n) is 20.2. The third-order valence-corrected chi connectivity index (χ3v) is 6.44. The van der Waals surface area contributed by atoms with Crippen LogP contribution in [0.3, 0.4) is 0 Å². The Balaban J connectivity index is 1.42. The Hall–Kier alpha value is -3.50. The van der Waals surface area contributed by atoms with Gasteiger partial charge in [-0.15, -0.1) is 0 Å². The molecule has 37 heavy (non-hydrogen) atoms. The number of hydrogen-bond acceptors (Lipinski definition) is 4. The highest BCUT2D eigenvalue weighted by Gasteiger charge is 2.37. The number of amides is 1. The van der Waals surface area contributed by atoms with E-state index in [2.05, 4.69) is 15.6 Å². The Morgan fingerprint density at radius 2 is 1.43 bits per heavy atom. The predicted octanol–water partition coefficient (Wildman–Crippen LogP) is 6.49. The van der Waals surface area contributed by atoms with E-state index >= 15 is 0 Å². The maximum absolute atomic E-state index is 13.1. The molecular weight excluding hydrogens is 498 g/mol. The Morgan fingerprint density at radius 1 is 0.865 bits per heavy atom. The van der Waals surface area contributed by atoms with E-state index in [1.807, 2.05) is 49.3 Å². The molecule has 1 aromatic heterocycles. The van der Waals surface area contributed by atoms with Gasteiger partial charge in [0.25, 0.3) is 5.91 Å². The van der Waals surface area contributed by atoms with Gasteiger partial charge in [-0.3, -0.25) is 4.79 Å². The molecule has 0 aliphatic heterocycles.